The summed E-state index contributed by atoms with van der Waals surface area (Å²) >= 11 is 0. The van der Waals surface area contributed by atoms with Crippen molar-refractivity contribution in [1.82, 2.24) is 10.2 Å². The van der Waals surface area contributed by atoms with Crippen molar-refractivity contribution < 1.29 is 13.9 Å². The molecule has 2 atom stereocenters. The predicted octanol–water partition coefficient (Wildman–Crippen LogP) is 2.25. The van der Waals surface area contributed by atoms with E-state index in [4.69, 9.17) is 4.74 Å². The first-order chi connectivity index (χ1) is 10.7. The topological polar surface area (TPSA) is 41.6 Å². The Hall–Kier alpha value is -1.62. The highest BCUT2D eigenvalue weighted by Gasteiger charge is 2.35. The summed E-state index contributed by atoms with van der Waals surface area (Å²) in [4.78, 5) is 14.2. The first kappa shape index (κ1) is 15.3. The first-order valence-corrected chi connectivity index (χ1v) is 8.00. The van der Waals surface area contributed by atoms with Crippen LogP contribution in [0, 0.1) is 5.92 Å². The molecule has 0 spiro atoms. The van der Waals surface area contributed by atoms with Crippen LogP contribution in [0.4, 0.5) is 4.39 Å². The average Bonchev–Trinajstić information content (AvgIpc) is 3.28. The van der Waals surface area contributed by atoms with Crippen LogP contribution in [0.15, 0.2) is 24.3 Å². The minimum atomic E-state index is -0.927. The molecule has 1 aromatic carbocycles. The van der Waals surface area contributed by atoms with Crippen LogP contribution in [0.2, 0.25) is 0 Å². The summed E-state index contributed by atoms with van der Waals surface area (Å²) in [7, 11) is 1.82. The molecule has 2 fully saturated rings. The first-order valence-electron chi connectivity index (χ1n) is 8.00. The van der Waals surface area contributed by atoms with Crippen molar-refractivity contribution >= 4 is 5.91 Å². The lowest BCUT2D eigenvalue weighted by molar-refractivity contribution is 0.0729. The van der Waals surface area contributed by atoms with Crippen LogP contribution in [0.25, 0.3) is 0 Å². The van der Waals surface area contributed by atoms with Crippen LogP contribution in [0.5, 0.6) is 5.75 Å². The number of carbonyl (C=O) groups excluding carboxylic acids is 1. The molecule has 0 radical (unpaired) electrons. The number of nitrogens with one attached hydrogen (secondary N) is 1. The maximum absolute atomic E-state index is 13.6. The summed E-state index contributed by atoms with van der Waals surface area (Å²) in [6.45, 7) is 1.56. The molecule has 120 valence electrons. The Morgan fingerprint density at radius 1 is 1.36 bits per heavy atom. The van der Waals surface area contributed by atoms with Crippen molar-refractivity contribution in [2.45, 2.75) is 31.5 Å². The lowest BCUT2D eigenvalue weighted by Crippen LogP contribution is -2.40. The number of amides is 1. The van der Waals surface area contributed by atoms with E-state index in [1.807, 2.05) is 19.2 Å². The van der Waals surface area contributed by atoms with E-state index >= 15 is 0 Å². The predicted molar refractivity (Wildman–Crippen MR) is 82.9 cm³/mol. The zero-order chi connectivity index (χ0) is 15.5. The molecule has 1 N–H and O–H groups in total. The molecule has 0 aromatic heterocycles. The lowest BCUT2D eigenvalue weighted by Gasteiger charge is -2.24. The Labute approximate surface area is 130 Å². The highest BCUT2D eigenvalue weighted by molar-refractivity contribution is 5.94. The van der Waals surface area contributed by atoms with Crippen molar-refractivity contribution in [3.8, 4) is 5.75 Å². The molecule has 4 nitrogen and oxygen atoms in total. The van der Waals surface area contributed by atoms with Crippen LogP contribution in [-0.2, 0) is 0 Å². The van der Waals surface area contributed by atoms with E-state index < -0.39 is 6.17 Å². The van der Waals surface area contributed by atoms with Gasteiger partial charge in [-0.25, -0.2) is 4.39 Å². The lowest BCUT2D eigenvalue weighted by atomic mass is 10.1. The third kappa shape index (κ3) is 3.58. The quantitative estimate of drug-likeness (QED) is 0.876. The normalized spacial score (nSPS) is 24.5. The minimum absolute atomic E-state index is 0.0710. The number of likely N-dealkylation sites (tertiary alicyclic amines) is 1. The van der Waals surface area contributed by atoms with Gasteiger partial charge in [0.2, 0.25) is 0 Å². The molecular weight excluding hydrogens is 283 g/mol. The average molecular weight is 306 g/mol. The van der Waals surface area contributed by atoms with Crippen LogP contribution in [0.3, 0.4) is 0 Å². The van der Waals surface area contributed by atoms with Gasteiger partial charge in [0.25, 0.3) is 5.91 Å². The number of hydrogen-bond donors (Lipinski definition) is 1. The van der Waals surface area contributed by atoms with Gasteiger partial charge in [0.15, 0.2) is 0 Å². The largest absolute Gasteiger partial charge is 0.493 e. The second-order valence-corrected chi connectivity index (χ2v) is 6.28. The highest BCUT2D eigenvalue weighted by Crippen LogP contribution is 2.29. The molecule has 5 heteroatoms. The van der Waals surface area contributed by atoms with E-state index in [-0.39, 0.29) is 18.5 Å². The maximum atomic E-state index is 13.6. The van der Waals surface area contributed by atoms with Gasteiger partial charge < -0.3 is 15.0 Å². The van der Waals surface area contributed by atoms with Crippen molar-refractivity contribution in [1.29, 1.82) is 0 Å². The van der Waals surface area contributed by atoms with Gasteiger partial charge in [0, 0.05) is 24.6 Å². The van der Waals surface area contributed by atoms with E-state index in [0.717, 1.165) is 12.4 Å². The van der Waals surface area contributed by atoms with Gasteiger partial charge in [0.05, 0.1) is 13.2 Å². The molecule has 1 heterocycles. The second-order valence-electron chi connectivity index (χ2n) is 6.28. The fraction of sp³-hybridized carbons (Fsp3) is 0.588. The maximum Gasteiger partial charge on any atom is 0.254 e. The number of carbonyl (C=O) groups is 1. The summed E-state index contributed by atoms with van der Waals surface area (Å²) in [5.74, 6) is 1.39. The molecule has 0 bridgehead atoms. The number of alkyl halides is 1. The van der Waals surface area contributed by atoms with E-state index in [9.17, 15) is 9.18 Å². The summed E-state index contributed by atoms with van der Waals surface area (Å²) in [5.41, 5.74) is 0.592. The number of hydrogen-bond acceptors (Lipinski definition) is 3. The molecule has 0 unspecified atom stereocenters. The van der Waals surface area contributed by atoms with Crippen molar-refractivity contribution in [3.05, 3.63) is 29.8 Å². The van der Waals surface area contributed by atoms with E-state index in [0.29, 0.717) is 24.4 Å². The fourth-order valence-electron chi connectivity index (χ4n) is 2.90. The number of halogens is 1. The molecule has 22 heavy (non-hydrogen) atoms. The summed E-state index contributed by atoms with van der Waals surface area (Å²) in [6.07, 6.45) is 1.99. The van der Waals surface area contributed by atoms with Crippen LogP contribution in [-0.4, -0.2) is 49.8 Å². The highest BCUT2D eigenvalue weighted by atomic mass is 19.1. The molecule has 1 aliphatic heterocycles. The van der Waals surface area contributed by atoms with E-state index in [2.05, 4.69) is 5.32 Å². The third-order valence-electron chi connectivity index (χ3n) is 4.35. The Morgan fingerprint density at radius 3 is 2.73 bits per heavy atom. The smallest absolute Gasteiger partial charge is 0.254 e. The molecular formula is C17H23FN2O2. The molecule has 2 aliphatic rings. The van der Waals surface area contributed by atoms with Crippen molar-refractivity contribution in [2.75, 3.05) is 26.7 Å². The second kappa shape index (κ2) is 6.65. The molecule has 3 rings (SSSR count). The Bertz CT molecular complexity index is 516. The van der Waals surface area contributed by atoms with E-state index in [1.54, 1.807) is 17.0 Å². The van der Waals surface area contributed by atoms with Gasteiger partial charge in [-0.3, -0.25) is 4.79 Å². The Kier molecular flexibility index (Phi) is 4.62. The van der Waals surface area contributed by atoms with Crippen LogP contribution >= 0.6 is 0 Å². The number of ether oxygens (including phenoxy) is 1. The van der Waals surface area contributed by atoms with Crippen LogP contribution in [0.1, 0.15) is 29.6 Å². The Balaban J connectivity index is 1.63. The van der Waals surface area contributed by atoms with Gasteiger partial charge in [-0.1, -0.05) is 0 Å². The number of nitrogens with zero attached hydrogens (tertiary/aromatic N) is 1. The summed E-state index contributed by atoms with van der Waals surface area (Å²) in [6, 6.07) is 7.12. The SMILES string of the molecule is CNC[C@@H]1C[C@H](F)CN1C(=O)c1ccc(OCC2CC2)cc1. The zero-order valence-corrected chi connectivity index (χ0v) is 12.9. The van der Waals surface area contributed by atoms with Crippen LogP contribution < -0.4 is 10.1 Å². The van der Waals surface area contributed by atoms with Crippen molar-refractivity contribution in [3.63, 3.8) is 0 Å². The van der Waals surface area contributed by atoms with Gasteiger partial charge in [-0.15, -0.1) is 0 Å². The monoisotopic (exact) mass is 306 g/mol. The van der Waals surface area contributed by atoms with Crippen molar-refractivity contribution in [2.24, 2.45) is 5.92 Å². The number of likely N-dealkylation sites (N-methyl/N-ethyl adjacent to an activating group) is 1. The fourth-order valence-corrected chi connectivity index (χ4v) is 2.90. The standard InChI is InChI=1S/C17H23FN2O2/c1-19-9-15-8-14(18)10-20(15)17(21)13-4-6-16(7-5-13)22-11-12-2-3-12/h4-7,12,14-15,19H,2-3,8-11H2,1H3/t14-,15-/m0/s1. The Morgan fingerprint density at radius 2 is 2.09 bits per heavy atom. The minimum Gasteiger partial charge on any atom is -0.493 e. The van der Waals surface area contributed by atoms with Gasteiger partial charge >= 0.3 is 0 Å². The molecule has 1 saturated heterocycles. The molecule has 1 saturated carbocycles. The molecule has 1 amide bonds. The van der Waals surface area contributed by atoms with Gasteiger partial charge in [-0.2, -0.15) is 0 Å². The third-order valence-corrected chi connectivity index (χ3v) is 4.35. The van der Waals surface area contributed by atoms with E-state index in [1.165, 1.54) is 12.8 Å². The van der Waals surface area contributed by atoms with Gasteiger partial charge in [-0.05, 0) is 50.1 Å². The van der Waals surface area contributed by atoms with Gasteiger partial charge in [0.1, 0.15) is 11.9 Å². The summed E-state index contributed by atoms with van der Waals surface area (Å²) < 4.78 is 19.3. The number of benzene rings is 1. The molecule has 1 aromatic rings. The summed E-state index contributed by atoms with van der Waals surface area (Å²) in [5, 5.41) is 3.03. The number of rotatable bonds is 6. The zero-order valence-electron chi connectivity index (χ0n) is 12.9. The molecule has 1 aliphatic carbocycles.